The van der Waals surface area contributed by atoms with Gasteiger partial charge in [0.25, 0.3) is 5.91 Å². The van der Waals surface area contributed by atoms with E-state index in [0.717, 1.165) is 40.3 Å². The first-order valence-electron chi connectivity index (χ1n) is 9.67. The van der Waals surface area contributed by atoms with Gasteiger partial charge in [-0.15, -0.1) is 0 Å². The zero-order valence-corrected chi connectivity index (χ0v) is 16.9. The van der Waals surface area contributed by atoms with Gasteiger partial charge in [0.1, 0.15) is 0 Å². The second kappa shape index (κ2) is 8.73. The lowest BCUT2D eigenvalue weighted by molar-refractivity contribution is -0.136. The molecule has 0 fully saturated rings. The summed E-state index contributed by atoms with van der Waals surface area (Å²) in [5.74, 6) is -0.982. The fraction of sp³-hybridized carbons (Fsp3) is 0.261. The highest BCUT2D eigenvalue weighted by Gasteiger charge is 2.15. The Kier molecular flexibility index (Phi) is 6.12. The highest BCUT2D eigenvalue weighted by atomic mass is 16.4. The zero-order valence-electron chi connectivity index (χ0n) is 16.9. The Hall–Kier alpha value is -3.41. The molecule has 0 bridgehead atoms. The summed E-state index contributed by atoms with van der Waals surface area (Å²) in [4.78, 5) is 23.5. The third-order valence-corrected chi connectivity index (χ3v) is 5.05. The smallest absolute Gasteiger partial charge is 0.303 e. The molecule has 3 rings (SSSR count). The van der Waals surface area contributed by atoms with Crippen molar-refractivity contribution in [1.29, 1.82) is 0 Å². The number of carbonyl (C=O) groups is 2. The Balaban J connectivity index is 1.79. The van der Waals surface area contributed by atoms with Crippen molar-refractivity contribution in [2.75, 3.05) is 5.32 Å². The second-order valence-corrected chi connectivity index (χ2v) is 6.97. The maximum atomic E-state index is 12.6. The molecular formula is C23H25N3O3. The molecule has 0 aliphatic rings. The SMILES string of the molecule is CCc1ccccc1NC(=O)c1ccc(-n2nc(C)c(CCC(=O)O)c2C)cc1. The number of nitrogens with zero attached hydrogens (tertiary/aromatic N) is 2. The lowest BCUT2D eigenvalue weighted by Crippen LogP contribution is -2.13. The van der Waals surface area contributed by atoms with Crippen LogP contribution in [-0.2, 0) is 17.6 Å². The van der Waals surface area contributed by atoms with Gasteiger partial charge in [-0.05, 0) is 68.1 Å². The standard InChI is InChI=1S/C23H25N3O3/c1-4-17-7-5-6-8-21(17)24-23(29)18-9-11-19(12-10-18)26-16(3)20(15(2)25-26)13-14-22(27)28/h5-12H,4,13-14H2,1-3H3,(H,24,29)(H,27,28). The van der Waals surface area contributed by atoms with Gasteiger partial charge in [-0.1, -0.05) is 25.1 Å². The topological polar surface area (TPSA) is 84.2 Å². The molecule has 1 heterocycles. The summed E-state index contributed by atoms with van der Waals surface area (Å²) in [6.45, 7) is 5.87. The summed E-state index contributed by atoms with van der Waals surface area (Å²) in [5, 5.41) is 16.5. The van der Waals surface area contributed by atoms with Crippen molar-refractivity contribution in [1.82, 2.24) is 9.78 Å². The molecule has 1 aromatic heterocycles. The van der Waals surface area contributed by atoms with Crippen LogP contribution in [0.25, 0.3) is 5.69 Å². The Morgan fingerprint density at radius 1 is 1.07 bits per heavy atom. The van der Waals surface area contributed by atoms with Gasteiger partial charge in [0.05, 0.1) is 11.4 Å². The van der Waals surface area contributed by atoms with Crippen LogP contribution in [0.5, 0.6) is 0 Å². The van der Waals surface area contributed by atoms with Gasteiger partial charge in [-0.25, -0.2) is 4.68 Å². The molecule has 0 aliphatic carbocycles. The molecule has 0 saturated heterocycles. The van der Waals surface area contributed by atoms with E-state index in [1.54, 1.807) is 16.8 Å². The average Bonchev–Trinajstić information content (AvgIpc) is 3.00. The van der Waals surface area contributed by atoms with E-state index < -0.39 is 5.97 Å². The molecule has 150 valence electrons. The van der Waals surface area contributed by atoms with Gasteiger partial charge < -0.3 is 10.4 Å². The van der Waals surface area contributed by atoms with Gasteiger partial charge >= 0.3 is 5.97 Å². The Labute approximate surface area is 170 Å². The number of carboxylic acids is 1. The van der Waals surface area contributed by atoms with Crippen LogP contribution in [-0.4, -0.2) is 26.8 Å². The summed E-state index contributed by atoms with van der Waals surface area (Å²) in [6.07, 6.45) is 1.37. The number of hydrogen-bond acceptors (Lipinski definition) is 3. The minimum Gasteiger partial charge on any atom is -0.481 e. The Bertz CT molecular complexity index is 1040. The lowest BCUT2D eigenvalue weighted by atomic mass is 10.1. The van der Waals surface area contributed by atoms with Gasteiger partial charge in [0, 0.05) is 23.4 Å². The number of rotatable bonds is 7. The van der Waals surface area contributed by atoms with Crippen LogP contribution in [0, 0.1) is 13.8 Å². The van der Waals surface area contributed by atoms with Crippen LogP contribution >= 0.6 is 0 Å². The number of aryl methyl sites for hydroxylation is 2. The van der Waals surface area contributed by atoms with E-state index in [2.05, 4.69) is 17.3 Å². The number of benzene rings is 2. The summed E-state index contributed by atoms with van der Waals surface area (Å²) in [6, 6.07) is 15.0. The first kappa shape index (κ1) is 20.3. The molecule has 6 nitrogen and oxygen atoms in total. The summed E-state index contributed by atoms with van der Waals surface area (Å²) in [7, 11) is 0. The number of carbonyl (C=O) groups excluding carboxylic acids is 1. The van der Waals surface area contributed by atoms with Crippen molar-refractivity contribution in [2.24, 2.45) is 0 Å². The van der Waals surface area contributed by atoms with Crippen LogP contribution in [0.1, 0.15) is 46.2 Å². The fourth-order valence-electron chi connectivity index (χ4n) is 3.42. The zero-order chi connectivity index (χ0) is 21.0. The quantitative estimate of drug-likeness (QED) is 0.628. The number of aromatic nitrogens is 2. The number of hydrogen-bond donors (Lipinski definition) is 2. The van der Waals surface area contributed by atoms with Crippen molar-refractivity contribution in [3.05, 3.63) is 76.6 Å². The second-order valence-electron chi connectivity index (χ2n) is 6.97. The van der Waals surface area contributed by atoms with E-state index >= 15 is 0 Å². The molecule has 0 atom stereocenters. The first-order chi connectivity index (χ1) is 13.9. The predicted molar refractivity (Wildman–Crippen MR) is 113 cm³/mol. The Morgan fingerprint density at radius 2 is 1.76 bits per heavy atom. The van der Waals surface area contributed by atoms with Crippen LogP contribution < -0.4 is 5.32 Å². The van der Waals surface area contributed by atoms with Crippen molar-refractivity contribution in [3.63, 3.8) is 0 Å². The van der Waals surface area contributed by atoms with Gasteiger partial charge in [-0.3, -0.25) is 9.59 Å². The van der Waals surface area contributed by atoms with E-state index in [-0.39, 0.29) is 12.3 Å². The molecule has 3 aromatic rings. The van der Waals surface area contributed by atoms with E-state index in [1.165, 1.54) is 0 Å². The highest BCUT2D eigenvalue weighted by molar-refractivity contribution is 6.04. The molecule has 0 saturated carbocycles. The van der Waals surface area contributed by atoms with Crippen molar-refractivity contribution < 1.29 is 14.7 Å². The first-order valence-corrected chi connectivity index (χ1v) is 9.67. The maximum absolute atomic E-state index is 12.6. The summed E-state index contributed by atoms with van der Waals surface area (Å²) >= 11 is 0. The number of aliphatic carboxylic acids is 1. The lowest BCUT2D eigenvalue weighted by Gasteiger charge is -2.10. The predicted octanol–water partition coefficient (Wildman–Crippen LogP) is 4.32. The van der Waals surface area contributed by atoms with Crippen LogP contribution in [0.3, 0.4) is 0 Å². The number of para-hydroxylation sites is 1. The molecule has 6 heteroatoms. The van der Waals surface area contributed by atoms with Crippen molar-refractivity contribution in [3.8, 4) is 5.69 Å². The average molecular weight is 391 g/mol. The monoisotopic (exact) mass is 391 g/mol. The molecule has 2 N–H and O–H groups in total. The summed E-state index contributed by atoms with van der Waals surface area (Å²) in [5.41, 5.74) is 6.00. The number of nitrogens with one attached hydrogen (secondary N) is 1. The minimum atomic E-state index is -0.823. The maximum Gasteiger partial charge on any atom is 0.303 e. The van der Waals surface area contributed by atoms with Crippen molar-refractivity contribution in [2.45, 2.75) is 40.0 Å². The van der Waals surface area contributed by atoms with Crippen molar-refractivity contribution >= 4 is 17.6 Å². The molecule has 0 unspecified atom stereocenters. The largest absolute Gasteiger partial charge is 0.481 e. The third-order valence-electron chi connectivity index (χ3n) is 5.05. The van der Waals surface area contributed by atoms with Crippen LogP contribution in [0.15, 0.2) is 48.5 Å². The molecule has 0 spiro atoms. The molecular weight excluding hydrogens is 366 g/mol. The normalized spacial score (nSPS) is 10.7. The van der Waals surface area contributed by atoms with E-state index in [0.29, 0.717) is 12.0 Å². The number of carboxylic acid groups (broad SMARTS) is 1. The van der Waals surface area contributed by atoms with E-state index in [1.807, 2.05) is 50.2 Å². The Morgan fingerprint density at radius 3 is 2.41 bits per heavy atom. The van der Waals surface area contributed by atoms with E-state index in [4.69, 9.17) is 5.11 Å². The van der Waals surface area contributed by atoms with Gasteiger partial charge in [-0.2, -0.15) is 5.10 Å². The molecule has 2 aromatic carbocycles. The third kappa shape index (κ3) is 4.54. The minimum absolute atomic E-state index is 0.0751. The van der Waals surface area contributed by atoms with Gasteiger partial charge in [0.15, 0.2) is 0 Å². The summed E-state index contributed by atoms with van der Waals surface area (Å²) < 4.78 is 1.79. The van der Waals surface area contributed by atoms with Crippen LogP contribution in [0.2, 0.25) is 0 Å². The number of amides is 1. The number of anilines is 1. The van der Waals surface area contributed by atoms with Gasteiger partial charge in [0.2, 0.25) is 0 Å². The van der Waals surface area contributed by atoms with Crippen LogP contribution in [0.4, 0.5) is 5.69 Å². The molecule has 0 radical (unpaired) electrons. The van der Waals surface area contributed by atoms with E-state index in [9.17, 15) is 9.59 Å². The molecule has 0 aliphatic heterocycles. The molecule has 1 amide bonds. The highest BCUT2D eigenvalue weighted by Crippen LogP contribution is 2.21. The fourth-order valence-corrected chi connectivity index (χ4v) is 3.42. The molecule has 29 heavy (non-hydrogen) atoms.